The number of aryl methyl sites for hydroxylation is 1. The summed E-state index contributed by atoms with van der Waals surface area (Å²) < 4.78 is 32.0. The highest BCUT2D eigenvalue weighted by molar-refractivity contribution is 5.88. The van der Waals surface area contributed by atoms with Crippen LogP contribution in [0.3, 0.4) is 0 Å². The number of Topliss-reactive ketones (excluding diaryl/α,β-unsaturated/α-hetero) is 1. The predicted octanol–water partition coefficient (Wildman–Crippen LogP) is 4.68. The lowest BCUT2D eigenvalue weighted by Gasteiger charge is -2.32. The fourth-order valence-corrected chi connectivity index (χ4v) is 4.06. The van der Waals surface area contributed by atoms with Gasteiger partial charge in [0.15, 0.2) is 11.7 Å². The number of halogens is 2. The van der Waals surface area contributed by atoms with Crippen molar-refractivity contribution in [3.05, 3.63) is 48.2 Å². The largest absolute Gasteiger partial charge is 0.441 e. The molecule has 0 amide bonds. The molecule has 0 unspecified atom stereocenters. The lowest BCUT2D eigenvalue weighted by molar-refractivity contribution is -0.124. The summed E-state index contributed by atoms with van der Waals surface area (Å²) in [4.78, 5) is 23.1. The van der Waals surface area contributed by atoms with Crippen molar-refractivity contribution in [2.24, 2.45) is 5.92 Å². The molecule has 0 spiro atoms. The third kappa shape index (κ3) is 4.90. The van der Waals surface area contributed by atoms with E-state index in [1.54, 1.807) is 24.2 Å². The fraction of sp³-hybridized carbons (Fsp3) is 0.435. The van der Waals surface area contributed by atoms with Gasteiger partial charge in [-0.3, -0.25) is 14.7 Å². The number of ketones is 1. The van der Waals surface area contributed by atoms with E-state index in [-0.39, 0.29) is 24.7 Å². The molecule has 0 atom stereocenters. The van der Waals surface area contributed by atoms with Gasteiger partial charge in [-0.25, -0.2) is 13.8 Å². The molecule has 3 heterocycles. The average Bonchev–Trinajstić information content (AvgIpc) is 3.13. The molecular formula is C23H25F2N3O2. The number of carbonyl (C=O) groups excluding carboxylic acids is 1. The van der Waals surface area contributed by atoms with Crippen LogP contribution in [0.5, 0.6) is 0 Å². The van der Waals surface area contributed by atoms with Crippen molar-refractivity contribution in [2.45, 2.75) is 39.0 Å². The van der Waals surface area contributed by atoms with Crippen LogP contribution in [0.15, 0.2) is 41.1 Å². The Kier molecular flexibility index (Phi) is 5.64. The van der Waals surface area contributed by atoms with Crippen LogP contribution in [0.4, 0.5) is 8.78 Å². The molecule has 3 aromatic rings. The molecule has 0 radical (unpaired) electrons. The molecule has 1 fully saturated rings. The maximum absolute atomic E-state index is 13.2. The van der Waals surface area contributed by atoms with Crippen molar-refractivity contribution in [1.82, 2.24) is 14.9 Å². The number of likely N-dealkylation sites (tertiary alicyclic amines) is 1. The molecule has 7 heteroatoms. The van der Waals surface area contributed by atoms with Crippen molar-refractivity contribution in [3.8, 4) is 11.3 Å². The van der Waals surface area contributed by atoms with Crippen LogP contribution in [0.2, 0.25) is 0 Å². The van der Waals surface area contributed by atoms with Crippen LogP contribution in [-0.2, 0) is 11.2 Å². The first-order valence-electron chi connectivity index (χ1n) is 10.2. The molecule has 2 aromatic heterocycles. The summed E-state index contributed by atoms with van der Waals surface area (Å²) in [6.45, 7) is 3.56. The minimum Gasteiger partial charge on any atom is -0.441 e. The van der Waals surface area contributed by atoms with Crippen molar-refractivity contribution >= 4 is 16.6 Å². The quantitative estimate of drug-likeness (QED) is 0.587. The van der Waals surface area contributed by atoms with E-state index in [0.717, 1.165) is 29.0 Å². The highest BCUT2D eigenvalue weighted by Gasteiger charge is 2.30. The third-order valence-corrected chi connectivity index (χ3v) is 5.58. The Morgan fingerprint density at radius 3 is 2.60 bits per heavy atom. The summed E-state index contributed by atoms with van der Waals surface area (Å²) in [6, 6.07) is 7.88. The van der Waals surface area contributed by atoms with Crippen molar-refractivity contribution in [3.63, 3.8) is 0 Å². The summed E-state index contributed by atoms with van der Waals surface area (Å²) >= 11 is 0. The first kappa shape index (κ1) is 20.6. The second-order valence-electron chi connectivity index (χ2n) is 8.24. The van der Waals surface area contributed by atoms with Gasteiger partial charge in [-0.05, 0) is 43.5 Å². The molecule has 0 aliphatic carbocycles. The summed E-state index contributed by atoms with van der Waals surface area (Å²) in [5.74, 6) is -1.35. The van der Waals surface area contributed by atoms with E-state index in [1.807, 2.05) is 24.3 Å². The van der Waals surface area contributed by atoms with Gasteiger partial charge in [0.1, 0.15) is 5.78 Å². The third-order valence-electron chi connectivity index (χ3n) is 5.58. The van der Waals surface area contributed by atoms with Crippen LogP contribution in [-0.4, -0.2) is 46.2 Å². The monoisotopic (exact) mass is 413 g/mol. The number of aromatic nitrogens is 2. The van der Waals surface area contributed by atoms with Crippen LogP contribution in [0.25, 0.3) is 22.1 Å². The summed E-state index contributed by atoms with van der Waals surface area (Å²) in [5.41, 5.74) is 1.65. The smallest absolute Gasteiger partial charge is 0.257 e. The number of nitrogens with zero attached hydrogens (tertiary/aromatic N) is 3. The molecule has 0 saturated carbocycles. The number of carbonyl (C=O) groups is 1. The zero-order chi connectivity index (χ0) is 21.3. The molecule has 4 rings (SSSR count). The maximum atomic E-state index is 13.2. The maximum Gasteiger partial charge on any atom is 0.257 e. The minimum absolute atomic E-state index is 0.0901. The first-order chi connectivity index (χ1) is 14.3. The number of piperidine rings is 1. The number of alkyl halides is 2. The Bertz CT molecular complexity index is 1050. The Balaban J connectivity index is 1.43. The van der Waals surface area contributed by atoms with Gasteiger partial charge in [-0.2, -0.15) is 0 Å². The molecule has 30 heavy (non-hydrogen) atoms. The lowest BCUT2D eigenvalue weighted by atomic mass is 9.90. The highest BCUT2D eigenvalue weighted by atomic mass is 19.3. The first-order valence-corrected chi connectivity index (χ1v) is 10.2. The summed E-state index contributed by atoms with van der Waals surface area (Å²) in [6.07, 6.45) is 4.98. The van der Waals surface area contributed by atoms with E-state index in [9.17, 15) is 13.6 Å². The number of oxazole rings is 1. The van der Waals surface area contributed by atoms with E-state index >= 15 is 0 Å². The Labute approximate surface area is 174 Å². The van der Waals surface area contributed by atoms with Gasteiger partial charge < -0.3 is 4.42 Å². The van der Waals surface area contributed by atoms with Gasteiger partial charge in [-0.1, -0.05) is 12.1 Å². The molecule has 1 aromatic carbocycles. The molecule has 1 aliphatic heterocycles. The van der Waals surface area contributed by atoms with E-state index in [2.05, 4.69) is 9.97 Å². The number of benzene rings is 1. The zero-order valence-corrected chi connectivity index (χ0v) is 17.2. The van der Waals surface area contributed by atoms with E-state index < -0.39 is 5.92 Å². The molecule has 158 valence electrons. The van der Waals surface area contributed by atoms with Crippen LogP contribution in [0.1, 0.15) is 31.4 Å². The Morgan fingerprint density at radius 2 is 1.93 bits per heavy atom. The Hall–Kier alpha value is -2.67. The lowest BCUT2D eigenvalue weighted by Crippen LogP contribution is -2.42. The number of fused-ring (bicyclic) bond motifs is 1. The fourth-order valence-electron chi connectivity index (χ4n) is 4.06. The molecule has 1 aliphatic rings. The molecule has 0 bridgehead atoms. The van der Waals surface area contributed by atoms with Crippen LogP contribution < -0.4 is 0 Å². The normalized spacial score (nSPS) is 16.3. The number of pyridine rings is 1. The van der Waals surface area contributed by atoms with Gasteiger partial charge >= 0.3 is 0 Å². The van der Waals surface area contributed by atoms with Gasteiger partial charge in [-0.15, -0.1) is 0 Å². The summed E-state index contributed by atoms with van der Waals surface area (Å²) in [5, 5.41) is 1.97. The predicted molar refractivity (Wildman–Crippen MR) is 110 cm³/mol. The molecule has 5 nitrogen and oxygen atoms in total. The van der Waals surface area contributed by atoms with Crippen molar-refractivity contribution in [1.29, 1.82) is 0 Å². The van der Waals surface area contributed by atoms with E-state index in [4.69, 9.17) is 4.42 Å². The minimum atomic E-state index is -2.70. The zero-order valence-electron chi connectivity index (χ0n) is 17.2. The number of rotatable bonds is 6. The average molecular weight is 413 g/mol. The number of hydrogen-bond acceptors (Lipinski definition) is 5. The van der Waals surface area contributed by atoms with Gasteiger partial charge in [0, 0.05) is 49.0 Å². The van der Waals surface area contributed by atoms with Crippen molar-refractivity contribution < 1.29 is 18.0 Å². The second kappa shape index (κ2) is 8.22. The second-order valence-corrected chi connectivity index (χ2v) is 8.24. The topological polar surface area (TPSA) is 59.2 Å². The van der Waals surface area contributed by atoms with E-state index in [0.29, 0.717) is 37.6 Å². The van der Waals surface area contributed by atoms with Crippen LogP contribution in [0, 0.1) is 12.8 Å². The van der Waals surface area contributed by atoms with Gasteiger partial charge in [0.25, 0.3) is 5.92 Å². The molecule has 1 saturated heterocycles. The van der Waals surface area contributed by atoms with Gasteiger partial charge in [0.05, 0.1) is 12.7 Å². The van der Waals surface area contributed by atoms with Crippen molar-refractivity contribution in [2.75, 3.05) is 19.6 Å². The van der Waals surface area contributed by atoms with Gasteiger partial charge in [0.2, 0.25) is 0 Å². The van der Waals surface area contributed by atoms with E-state index in [1.165, 1.54) is 0 Å². The molecular weight excluding hydrogens is 388 g/mol. The highest BCUT2D eigenvalue weighted by Crippen LogP contribution is 2.26. The Morgan fingerprint density at radius 1 is 1.17 bits per heavy atom. The van der Waals surface area contributed by atoms with Crippen LogP contribution >= 0.6 is 0 Å². The summed E-state index contributed by atoms with van der Waals surface area (Å²) in [7, 11) is 0. The molecule has 0 N–H and O–H groups in total. The SMILES string of the molecule is Cc1ncc(-c2ccc3cnc(CC(=O)C4CCN(CC(C)(F)F)CC4)cc3c2)o1. The standard InChI is InChI=1S/C23H25F2N3O2/c1-15-26-13-22(30-15)17-3-4-18-12-27-20(10-19(18)9-17)11-21(29)16-5-7-28(8-6-16)14-23(2,24)25/h3-4,9-10,12-13,16H,5-8,11,14H2,1-2H3. The number of hydrogen-bond donors (Lipinski definition) is 0.